The number of hydrogen-bond acceptors (Lipinski definition) is 3. The van der Waals surface area contributed by atoms with E-state index in [1.165, 1.54) is 0 Å². The SMILES string of the molecule is CC(C)C(O)CNCc1ccc(O)c(Cl)c1. The van der Waals surface area contributed by atoms with E-state index in [2.05, 4.69) is 5.32 Å². The summed E-state index contributed by atoms with van der Waals surface area (Å²) in [7, 11) is 0. The number of phenols is 1. The maximum atomic E-state index is 9.57. The Morgan fingerprint density at radius 2 is 2.06 bits per heavy atom. The Labute approximate surface area is 101 Å². The van der Waals surface area contributed by atoms with Crippen molar-refractivity contribution in [2.45, 2.75) is 26.5 Å². The van der Waals surface area contributed by atoms with Crippen LogP contribution in [-0.4, -0.2) is 22.9 Å². The lowest BCUT2D eigenvalue weighted by Crippen LogP contribution is -2.30. The molecule has 0 fully saturated rings. The molecule has 0 aromatic heterocycles. The molecular formula is C12H18ClNO2. The first-order valence-corrected chi connectivity index (χ1v) is 5.74. The van der Waals surface area contributed by atoms with E-state index in [1.807, 2.05) is 13.8 Å². The highest BCUT2D eigenvalue weighted by Crippen LogP contribution is 2.23. The Bertz CT molecular complexity index is 342. The number of benzene rings is 1. The van der Waals surface area contributed by atoms with Gasteiger partial charge in [-0.05, 0) is 23.6 Å². The molecule has 1 atom stereocenters. The van der Waals surface area contributed by atoms with E-state index in [9.17, 15) is 10.2 Å². The van der Waals surface area contributed by atoms with Gasteiger partial charge in [-0.1, -0.05) is 31.5 Å². The van der Waals surface area contributed by atoms with Crippen LogP contribution in [0.25, 0.3) is 0 Å². The van der Waals surface area contributed by atoms with Crippen LogP contribution in [0.5, 0.6) is 5.75 Å². The minimum Gasteiger partial charge on any atom is -0.506 e. The molecule has 90 valence electrons. The summed E-state index contributed by atoms with van der Waals surface area (Å²) in [5.41, 5.74) is 0.985. The van der Waals surface area contributed by atoms with Gasteiger partial charge in [0.1, 0.15) is 5.75 Å². The first-order chi connectivity index (χ1) is 7.50. The Hall–Kier alpha value is -0.770. The van der Waals surface area contributed by atoms with E-state index in [0.29, 0.717) is 18.1 Å². The van der Waals surface area contributed by atoms with Gasteiger partial charge in [0.15, 0.2) is 0 Å². The van der Waals surface area contributed by atoms with E-state index >= 15 is 0 Å². The van der Waals surface area contributed by atoms with E-state index in [0.717, 1.165) is 5.56 Å². The molecule has 3 N–H and O–H groups in total. The van der Waals surface area contributed by atoms with Crippen LogP contribution in [0.15, 0.2) is 18.2 Å². The highest BCUT2D eigenvalue weighted by atomic mass is 35.5. The second-order valence-electron chi connectivity index (χ2n) is 4.23. The number of rotatable bonds is 5. The molecule has 1 aromatic carbocycles. The molecule has 0 saturated heterocycles. The summed E-state index contributed by atoms with van der Waals surface area (Å²) in [6.07, 6.45) is -0.340. The largest absolute Gasteiger partial charge is 0.506 e. The summed E-state index contributed by atoms with van der Waals surface area (Å²) in [6, 6.07) is 5.08. The Morgan fingerprint density at radius 1 is 1.38 bits per heavy atom. The molecule has 16 heavy (non-hydrogen) atoms. The fourth-order valence-corrected chi connectivity index (χ4v) is 1.46. The van der Waals surface area contributed by atoms with Crippen LogP contribution < -0.4 is 5.32 Å². The Morgan fingerprint density at radius 3 is 2.62 bits per heavy atom. The normalized spacial score (nSPS) is 13.1. The molecule has 0 bridgehead atoms. The third-order valence-corrected chi connectivity index (χ3v) is 2.77. The third-order valence-electron chi connectivity index (χ3n) is 2.46. The molecule has 0 radical (unpaired) electrons. The third kappa shape index (κ3) is 4.00. The molecule has 4 heteroatoms. The van der Waals surface area contributed by atoms with Gasteiger partial charge in [-0.15, -0.1) is 0 Å². The van der Waals surface area contributed by atoms with Crippen molar-refractivity contribution in [3.63, 3.8) is 0 Å². The second-order valence-corrected chi connectivity index (χ2v) is 4.64. The average molecular weight is 244 g/mol. The molecule has 0 aliphatic carbocycles. The Balaban J connectivity index is 2.40. The van der Waals surface area contributed by atoms with Crippen LogP contribution in [-0.2, 0) is 6.54 Å². The zero-order valence-corrected chi connectivity index (χ0v) is 10.3. The summed E-state index contributed by atoms with van der Waals surface area (Å²) < 4.78 is 0. The standard InChI is InChI=1S/C12H18ClNO2/c1-8(2)12(16)7-14-6-9-3-4-11(15)10(13)5-9/h3-5,8,12,14-16H,6-7H2,1-2H3. The summed E-state index contributed by atoms with van der Waals surface area (Å²) in [5.74, 6) is 0.337. The smallest absolute Gasteiger partial charge is 0.134 e. The van der Waals surface area contributed by atoms with Crippen LogP contribution in [0, 0.1) is 5.92 Å². The fraction of sp³-hybridized carbons (Fsp3) is 0.500. The Kier molecular flexibility index (Phi) is 5.06. The van der Waals surface area contributed by atoms with Gasteiger partial charge in [-0.25, -0.2) is 0 Å². The van der Waals surface area contributed by atoms with Crippen LogP contribution in [0.1, 0.15) is 19.4 Å². The van der Waals surface area contributed by atoms with Crippen molar-refractivity contribution >= 4 is 11.6 Å². The average Bonchev–Trinajstić information content (AvgIpc) is 2.23. The number of nitrogens with one attached hydrogen (secondary N) is 1. The van der Waals surface area contributed by atoms with Gasteiger partial charge in [-0.2, -0.15) is 0 Å². The number of aliphatic hydroxyl groups excluding tert-OH is 1. The highest BCUT2D eigenvalue weighted by Gasteiger charge is 2.08. The van der Waals surface area contributed by atoms with Crippen molar-refractivity contribution in [3.8, 4) is 5.75 Å². The molecule has 1 aromatic rings. The van der Waals surface area contributed by atoms with E-state index < -0.39 is 0 Å². The molecule has 1 unspecified atom stereocenters. The molecule has 0 saturated carbocycles. The minimum absolute atomic E-state index is 0.0904. The molecule has 1 rings (SSSR count). The summed E-state index contributed by atoms with van der Waals surface area (Å²) in [6.45, 7) is 5.13. The van der Waals surface area contributed by atoms with Gasteiger partial charge in [-0.3, -0.25) is 0 Å². The minimum atomic E-state index is -0.340. The maximum absolute atomic E-state index is 9.57. The number of phenolic OH excluding ortho intramolecular Hbond substituents is 1. The first kappa shape index (κ1) is 13.3. The van der Waals surface area contributed by atoms with Gasteiger partial charge in [0.2, 0.25) is 0 Å². The fourth-order valence-electron chi connectivity index (χ4n) is 1.26. The van der Waals surface area contributed by atoms with E-state index in [1.54, 1.807) is 18.2 Å². The number of halogens is 1. The van der Waals surface area contributed by atoms with Gasteiger partial charge >= 0.3 is 0 Å². The van der Waals surface area contributed by atoms with Crippen molar-refractivity contribution in [1.82, 2.24) is 5.32 Å². The van der Waals surface area contributed by atoms with Gasteiger partial charge in [0.25, 0.3) is 0 Å². The predicted molar refractivity (Wildman–Crippen MR) is 65.7 cm³/mol. The lowest BCUT2D eigenvalue weighted by molar-refractivity contribution is 0.123. The van der Waals surface area contributed by atoms with Crippen molar-refractivity contribution in [1.29, 1.82) is 0 Å². The summed E-state index contributed by atoms with van der Waals surface area (Å²) in [4.78, 5) is 0. The van der Waals surface area contributed by atoms with Gasteiger partial charge < -0.3 is 15.5 Å². The van der Waals surface area contributed by atoms with E-state index in [4.69, 9.17) is 11.6 Å². The number of aliphatic hydroxyl groups is 1. The monoisotopic (exact) mass is 243 g/mol. The van der Waals surface area contributed by atoms with Crippen LogP contribution >= 0.6 is 11.6 Å². The molecule has 3 nitrogen and oxygen atoms in total. The van der Waals surface area contributed by atoms with Crippen LogP contribution in [0.2, 0.25) is 5.02 Å². The van der Waals surface area contributed by atoms with Crippen LogP contribution in [0.3, 0.4) is 0 Å². The van der Waals surface area contributed by atoms with Gasteiger partial charge in [0, 0.05) is 13.1 Å². The molecule has 0 spiro atoms. The van der Waals surface area contributed by atoms with Crippen LogP contribution in [0.4, 0.5) is 0 Å². The van der Waals surface area contributed by atoms with Crippen molar-refractivity contribution in [2.24, 2.45) is 5.92 Å². The lowest BCUT2D eigenvalue weighted by atomic mass is 10.1. The zero-order valence-electron chi connectivity index (χ0n) is 9.57. The molecule has 0 heterocycles. The van der Waals surface area contributed by atoms with Crippen molar-refractivity contribution in [2.75, 3.05) is 6.54 Å². The number of aromatic hydroxyl groups is 1. The van der Waals surface area contributed by atoms with Crippen molar-refractivity contribution in [3.05, 3.63) is 28.8 Å². The predicted octanol–water partition coefficient (Wildman–Crippen LogP) is 2.15. The van der Waals surface area contributed by atoms with E-state index in [-0.39, 0.29) is 17.8 Å². The van der Waals surface area contributed by atoms with Gasteiger partial charge in [0.05, 0.1) is 11.1 Å². The molecule has 0 aliphatic rings. The zero-order chi connectivity index (χ0) is 12.1. The highest BCUT2D eigenvalue weighted by molar-refractivity contribution is 6.32. The quantitative estimate of drug-likeness (QED) is 0.743. The molecule has 0 amide bonds. The molecular weight excluding hydrogens is 226 g/mol. The molecule has 0 aliphatic heterocycles. The van der Waals surface area contributed by atoms with Crippen molar-refractivity contribution < 1.29 is 10.2 Å². The lowest BCUT2D eigenvalue weighted by Gasteiger charge is -2.15. The topological polar surface area (TPSA) is 52.5 Å². The maximum Gasteiger partial charge on any atom is 0.134 e. The number of hydrogen-bond donors (Lipinski definition) is 3. The first-order valence-electron chi connectivity index (χ1n) is 5.37. The second kappa shape index (κ2) is 6.09. The summed E-state index contributed by atoms with van der Waals surface area (Å²) >= 11 is 5.78. The summed E-state index contributed by atoms with van der Waals surface area (Å²) in [5, 5.41) is 22.3.